The fraction of sp³-hybridized carbons (Fsp3) is 0.250. The summed E-state index contributed by atoms with van der Waals surface area (Å²) < 4.78 is 35.0. The molecule has 0 aliphatic rings. The predicted octanol–water partition coefficient (Wildman–Crippen LogP) is 2.48. The number of fused-ring (bicyclic) bond motifs is 2. The third-order valence-electron chi connectivity index (χ3n) is 5.68. The summed E-state index contributed by atoms with van der Waals surface area (Å²) in [6.07, 6.45) is 8.17. The Morgan fingerprint density at radius 2 is 1.97 bits per heavy atom. The molecule has 12 nitrogen and oxygen atoms in total. The first kappa shape index (κ1) is 24.5. The zero-order valence-corrected chi connectivity index (χ0v) is 21.7. The fourth-order valence-electron chi connectivity index (χ4n) is 4.01. The number of anilines is 2. The maximum atomic E-state index is 11.7. The highest BCUT2D eigenvalue weighted by Gasteiger charge is 2.19. The standard InChI is InChI=1S/C24H27N9O3S/c1-31(2)11-9-25-23-18-14-27-19(17-15-28-32-10-5-8-26-24(17)32)13-21(18)33(29-23)20-7-6-16(12-22(20)36-3)30-37(4,34)35/h5-8,10,12-15,30H,9,11H2,1-4H3,(H,25,29). The van der Waals surface area contributed by atoms with Crippen molar-refractivity contribution >= 4 is 38.1 Å². The van der Waals surface area contributed by atoms with Gasteiger partial charge in [0.2, 0.25) is 10.0 Å². The zero-order valence-electron chi connectivity index (χ0n) is 20.9. The van der Waals surface area contributed by atoms with E-state index in [0.717, 1.165) is 29.3 Å². The predicted molar refractivity (Wildman–Crippen MR) is 143 cm³/mol. The number of likely N-dealkylation sites (N-methyl/N-ethyl adjacent to an activating group) is 1. The second-order valence-corrected chi connectivity index (χ2v) is 10.5. The molecule has 0 saturated heterocycles. The average Bonchev–Trinajstić information content (AvgIpc) is 3.44. The van der Waals surface area contributed by atoms with Crippen molar-refractivity contribution in [1.82, 2.24) is 34.3 Å². The molecule has 0 fully saturated rings. The SMILES string of the molecule is COc1cc(NS(C)(=O)=O)ccc1-n1nc(NCCN(C)C)c2cnc(-c3cnn4cccnc34)cc21. The molecule has 0 aliphatic heterocycles. The lowest BCUT2D eigenvalue weighted by atomic mass is 10.2. The Bertz CT molecular complexity index is 1690. The van der Waals surface area contributed by atoms with Gasteiger partial charge in [-0.1, -0.05) is 0 Å². The van der Waals surface area contributed by atoms with E-state index in [2.05, 4.69) is 25.0 Å². The second-order valence-electron chi connectivity index (χ2n) is 8.78. The van der Waals surface area contributed by atoms with Crippen LogP contribution in [0.3, 0.4) is 0 Å². The molecule has 2 N–H and O–H groups in total. The summed E-state index contributed by atoms with van der Waals surface area (Å²) in [7, 11) is 2.10. The number of aromatic nitrogens is 6. The Morgan fingerprint density at radius 1 is 1.14 bits per heavy atom. The molecule has 0 radical (unpaired) electrons. The van der Waals surface area contributed by atoms with E-state index in [-0.39, 0.29) is 0 Å². The highest BCUT2D eigenvalue weighted by molar-refractivity contribution is 7.92. The molecule has 4 heterocycles. The maximum absolute atomic E-state index is 11.7. The van der Waals surface area contributed by atoms with Crippen LogP contribution >= 0.6 is 0 Å². The number of ether oxygens (including phenoxy) is 1. The van der Waals surface area contributed by atoms with E-state index in [1.165, 1.54) is 7.11 Å². The smallest absolute Gasteiger partial charge is 0.229 e. The lowest BCUT2D eigenvalue weighted by molar-refractivity contribution is 0.412. The zero-order chi connectivity index (χ0) is 26.2. The first-order chi connectivity index (χ1) is 17.7. The van der Waals surface area contributed by atoms with E-state index in [9.17, 15) is 8.42 Å². The molecule has 5 rings (SSSR count). The highest BCUT2D eigenvalue weighted by atomic mass is 32.2. The Morgan fingerprint density at radius 3 is 2.73 bits per heavy atom. The van der Waals surface area contributed by atoms with Crippen molar-refractivity contribution in [2.75, 3.05) is 50.6 Å². The normalized spacial score (nSPS) is 11.9. The van der Waals surface area contributed by atoms with Gasteiger partial charge in [-0.2, -0.15) is 5.10 Å². The van der Waals surface area contributed by atoms with Crippen molar-refractivity contribution in [3.8, 4) is 22.7 Å². The van der Waals surface area contributed by atoms with Crippen molar-refractivity contribution < 1.29 is 13.2 Å². The molecule has 0 aliphatic carbocycles. The molecule has 0 atom stereocenters. The van der Waals surface area contributed by atoms with Gasteiger partial charge in [0.05, 0.1) is 47.4 Å². The van der Waals surface area contributed by atoms with Crippen molar-refractivity contribution in [3.63, 3.8) is 0 Å². The molecule has 0 saturated carbocycles. The fourth-order valence-corrected chi connectivity index (χ4v) is 4.56. The number of rotatable bonds is 9. The molecule has 5 aromatic rings. The minimum absolute atomic E-state index is 0.392. The quantitative estimate of drug-likeness (QED) is 0.300. The Balaban J connectivity index is 1.66. The third kappa shape index (κ3) is 5.04. The van der Waals surface area contributed by atoms with Crippen LogP contribution in [0, 0.1) is 0 Å². The summed E-state index contributed by atoms with van der Waals surface area (Å²) in [5.41, 5.74) is 3.99. The monoisotopic (exact) mass is 521 g/mol. The molecular weight excluding hydrogens is 494 g/mol. The Kier molecular flexibility index (Phi) is 6.39. The van der Waals surface area contributed by atoms with Gasteiger partial charge in [-0.25, -0.2) is 22.6 Å². The largest absolute Gasteiger partial charge is 0.494 e. The van der Waals surface area contributed by atoms with Crippen molar-refractivity contribution in [2.45, 2.75) is 0 Å². The number of methoxy groups -OCH3 is 1. The number of nitrogens with one attached hydrogen (secondary N) is 2. The summed E-state index contributed by atoms with van der Waals surface area (Å²) in [6.45, 7) is 1.51. The van der Waals surface area contributed by atoms with Gasteiger partial charge in [0.1, 0.15) is 11.4 Å². The van der Waals surface area contributed by atoms with Crippen LogP contribution in [0.15, 0.2) is 55.1 Å². The van der Waals surface area contributed by atoms with Gasteiger partial charge in [0.25, 0.3) is 0 Å². The average molecular weight is 522 g/mol. The number of pyridine rings is 1. The molecule has 192 valence electrons. The summed E-state index contributed by atoms with van der Waals surface area (Å²) in [5.74, 6) is 1.13. The van der Waals surface area contributed by atoms with Gasteiger partial charge in [-0.3, -0.25) is 9.71 Å². The summed E-state index contributed by atoms with van der Waals surface area (Å²) >= 11 is 0. The minimum Gasteiger partial charge on any atom is -0.494 e. The molecule has 0 bridgehead atoms. The molecule has 0 amide bonds. The van der Waals surface area contributed by atoms with E-state index in [0.29, 0.717) is 40.8 Å². The van der Waals surface area contributed by atoms with Crippen molar-refractivity contribution in [3.05, 3.63) is 55.1 Å². The minimum atomic E-state index is -3.44. The lowest BCUT2D eigenvalue weighted by Gasteiger charge is -2.12. The van der Waals surface area contributed by atoms with Crippen LogP contribution in [-0.2, 0) is 10.0 Å². The molecular formula is C24H27N9O3S. The molecule has 0 unspecified atom stereocenters. The number of benzene rings is 1. The van der Waals surface area contributed by atoms with E-state index in [1.54, 1.807) is 46.0 Å². The van der Waals surface area contributed by atoms with Gasteiger partial charge < -0.3 is 15.0 Å². The molecule has 37 heavy (non-hydrogen) atoms. The van der Waals surface area contributed by atoms with Crippen LogP contribution in [0.5, 0.6) is 5.75 Å². The maximum Gasteiger partial charge on any atom is 0.229 e. The highest BCUT2D eigenvalue weighted by Crippen LogP contribution is 2.34. The summed E-state index contributed by atoms with van der Waals surface area (Å²) in [5, 5.41) is 13.5. The van der Waals surface area contributed by atoms with Gasteiger partial charge in [-0.05, 0) is 38.4 Å². The van der Waals surface area contributed by atoms with Gasteiger partial charge in [-0.15, -0.1) is 5.10 Å². The number of hydrogen-bond acceptors (Lipinski definition) is 9. The van der Waals surface area contributed by atoms with E-state index in [4.69, 9.17) is 14.8 Å². The van der Waals surface area contributed by atoms with Crippen LogP contribution in [-0.4, -0.2) is 83.2 Å². The van der Waals surface area contributed by atoms with E-state index >= 15 is 0 Å². The number of nitrogens with zero attached hydrogens (tertiary/aromatic N) is 7. The van der Waals surface area contributed by atoms with E-state index < -0.39 is 10.0 Å². The second kappa shape index (κ2) is 9.67. The molecule has 4 aromatic heterocycles. The molecule has 13 heteroatoms. The van der Waals surface area contributed by atoms with E-state index in [1.807, 2.05) is 32.4 Å². The Hall–Kier alpha value is -4.23. The van der Waals surface area contributed by atoms with Crippen molar-refractivity contribution in [2.24, 2.45) is 0 Å². The molecule has 1 aromatic carbocycles. The van der Waals surface area contributed by atoms with Gasteiger partial charge in [0, 0.05) is 37.7 Å². The Labute approximate surface area is 214 Å². The summed E-state index contributed by atoms with van der Waals surface area (Å²) in [6, 6.07) is 8.81. The van der Waals surface area contributed by atoms with Gasteiger partial charge >= 0.3 is 0 Å². The van der Waals surface area contributed by atoms with Crippen molar-refractivity contribution in [1.29, 1.82) is 0 Å². The van der Waals surface area contributed by atoms with Crippen LogP contribution < -0.4 is 14.8 Å². The van der Waals surface area contributed by atoms with Crippen LogP contribution in [0.4, 0.5) is 11.5 Å². The third-order valence-corrected chi connectivity index (χ3v) is 6.29. The van der Waals surface area contributed by atoms with Crippen LogP contribution in [0.2, 0.25) is 0 Å². The van der Waals surface area contributed by atoms with Crippen LogP contribution in [0.25, 0.3) is 33.5 Å². The lowest BCUT2D eigenvalue weighted by Crippen LogP contribution is -2.21. The first-order valence-electron chi connectivity index (χ1n) is 11.5. The van der Waals surface area contributed by atoms with Crippen LogP contribution in [0.1, 0.15) is 0 Å². The number of hydrogen-bond donors (Lipinski definition) is 2. The number of sulfonamides is 1. The molecule has 0 spiro atoms. The first-order valence-corrected chi connectivity index (χ1v) is 13.3. The topological polar surface area (TPSA) is 132 Å². The summed E-state index contributed by atoms with van der Waals surface area (Å²) in [4.78, 5) is 11.2. The van der Waals surface area contributed by atoms with Gasteiger partial charge in [0.15, 0.2) is 11.5 Å².